The highest BCUT2D eigenvalue weighted by Crippen LogP contribution is 2.36. The van der Waals surface area contributed by atoms with Gasteiger partial charge in [0.25, 0.3) is 17.7 Å². The van der Waals surface area contributed by atoms with Gasteiger partial charge in [0.1, 0.15) is 4.88 Å². The number of halogens is 2. The zero-order valence-corrected chi connectivity index (χ0v) is 19.6. The number of rotatable bonds is 4. The number of hydrogen-bond donors (Lipinski definition) is 3. The van der Waals surface area contributed by atoms with E-state index >= 15 is 0 Å². The second-order valence-corrected chi connectivity index (χ2v) is 9.06. The zero-order valence-electron chi connectivity index (χ0n) is 17.2. The van der Waals surface area contributed by atoms with Crippen molar-refractivity contribution in [3.8, 4) is 0 Å². The lowest BCUT2D eigenvalue weighted by Crippen LogP contribution is -2.41. The van der Waals surface area contributed by atoms with Crippen molar-refractivity contribution in [1.29, 1.82) is 0 Å². The number of amides is 3. The van der Waals surface area contributed by atoms with E-state index in [4.69, 9.17) is 23.2 Å². The number of fused-ring (bicyclic) bond motifs is 1. The number of hydrogen-bond acceptors (Lipinski definition) is 4. The van der Waals surface area contributed by atoms with Gasteiger partial charge in [0, 0.05) is 31.9 Å². The molecule has 0 fully saturated rings. The molecule has 0 aliphatic rings. The fourth-order valence-electron chi connectivity index (χ4n) is 3.04. The van der Waals surface area contributed by atoms with Gasteiger partial charge >= 0.3 is 0 Å². The van der Waals surface area contributed by atoms with E-state index < -0.39 is 11.8 Å². The van der Waals surface area contributed by atoms with Gasteiger partial charge in [-0.25, -0.2) is 0 Å². The third kappa shape index (κ3) is 5.17. The smallest absolute Gasteiger partial charge is 0.281 e. The second-order valence-electron chi connectivity index (χ2n) is 7.19. The molecule has 33 heavy (non-hydrogen) atoms. The number of nitrogens with one attached hydrogen (secondary N) is 3. The molecule has 0 spiro atoms. The fourth-order valence-corrected chi connectivity index (χ4v) is 4.73. The Morgan fingerprint density at radius 3 is 2.06 bits per heavy atom. The lowest BCUT2D eigenvalue weighted by Gasteiger charge is -2.08. The molecule has 9 heteroatoms. The average Bonchev–Trinajstić information content (AvgIpc) is 3.13. The molecule has 0 aliphatic heterocycles. The number of hydrazine groups is 1. The van der Waals surface area contributed by atoms with Crippen LogP contribution in [0.15, 0.2) is 66.7 Å². The van der Waals surface area contributed by atoms with Crippen LogP contribution in [0.1, 0.15) is 36.0 Å². The van der Waals surface area contributed by atoms with E-state index in [9.17, 15) is 14.4 Å². The summed E-state index contributed by atoms with van der Waals surface area (Å²) in [5.41, 5.74) is 7.18. The molecule has 1 aromatic heterocycles. The van der Waals surface area contributed by atoms with Gasteiger partial charge in [-0.1, -0.05) is 47.0 Å². The van der Waals surface area contributed by atoms with E-state index in [2.05, 4.69) is 16.2 Å². The molecule has 0 atom stereocenters. The predicted molar refractivity (Wildman–Crippen MR) is 132 cm³/mol. The van der Waals surface area contributed by atoms with E-state index in [1.807, 2.05) is 19.1 Å². The number of benzene rings is 3. The van der Waals surface area contributed by atoms with Crippen LogP contribution in [0.5, 0.6) is 0 Å². The largest absolute Gasteiger partial charge is 0.322 e. The van der Waals surface area contributed by atoms with E-state index in [-0.39, 0.29) is 10.8 Å². The van der Waals surface area contributed by atoms with Crippen LogP contribution < -0.4 is 16.2 Å². The Morgan fingerprint density at radius 1 is 0.758 bits per heavy atom. The summed E-state index contributed by atoms with van der Waals surface area (Å²) in [5, 5.41) is 4.33. The first-order valence-corrected chi connectivity index (χ1v) is 11.4. The quantitative estimate of drug-likeness (QED) is 0.309. The zero-order chi connectivity index (χ0) is 23.5. The monoisotopic (exact) mass is 497 g/mol. The van der Waals surface area contributed by atoms with E-state index in [0.717, 1.165) is 10.3 Å². The predicted octanol–water partition coefficient (Wildman–Crippen LogP) is 5.84. The first-order chi connectivity index (χ1) is 15.8. The van der Waals surface area contributed by atoms with Crippen molar-refractivity contribution in [1.82, 2.24) is 10.9 Å². The Labute approximate surface area is 203 Å². The Kier molecular flexibility index (Phi) is 6.65. The van der Waals surface area contributed by atoms with Crippen molar-refractivity contribution in [3.63, 3.8) is 0 Å². The first-order valence-electron chi connectivity index (χ1n) is 9.78. The van der Waals surface area contributed by atoms with E-state index in [1.165, 1.54) is 11.3 Å². The topological polar surface area (TPSA) is 87.3 Å². The molecule has 0 aliphatic carbocycles. The molecular weight excluding hydrogens is 481 g/mol. The summed E-state index contributed by atoms with van der Waals surface area (Å²) in [5.74, 6) is -1.30. The van der Waals surface area contributed by atoms with Gasteiger partial charge in [-0.15, -0.1) is 11.3 Å². The van der Waals surface area contributed by atoms with Gasteiger partial charge in [-0.2, -0.15) is 0 Å². The van der Waals surface area contributed by atoms with Crippen molar-refractivity contribution in [2.75, 3.05) is 5.32 Å². The third-order valence-electron chi connectivity index (χ3n) is 4.81. The van der Waals surface area contributed by atoms with Gasteiger partial charge < -0.3 is 5.32 Å². The first kappa shape index (κ1) is 22.8. The minimum atomic E-state index is -0.535. The normalized spacial score (nSPS) is 10.6. The molecule has 6 nitrogen and oxygen atoms in total. The molecule has 0 saturated heterocycles. The lowest BCUT2D eigenvalue weighted by molar-refractivity contribution is 0.0849. The van der Waals surface area contributed by atoms with Gasteiger partial charge in [0.15, 0.2) is 0 Å². The number of thiophene rings is 1. The van der Waals surface area contributed by atoms with Gasteiger partial charge in [-0.05, 0) is 55.5 Å². The minimum Gasteiger partial charge on any atom is -0.322 e. The summed E-state index contributed by atoms with van der Waals surface area (Å²) in [4.78, 5) is 37.5. The highest BCUT2D eigenvalue weighted by molar-refractivity contribution is 7.21. The number of anilines is 1. The number of aryl methyl sites for hydroxylation is 1. The Bertz CT molecular complexity index is 1370. The van der Waals surface area contributed by atoms with Crippen molar-refractivity contribution < 1.29 is 14.4 Å². The summed E-state index contributed by atoms with van der Waals surface area (Å²) in [6.45, 7) is 1.95. The molecule has 166 valence electrons. The number of carbonyl (C=O) groups is 3. The van der Waals surface area contributed by atoms with Crippen LogP contribution in [0.2, 0.25) is 10.0 Å². The Balaban J connectivity index is 1.37. The second kappa shape index (κ2) is 9.62. The molecule has 1 heterocycles. The average molecular weight is 498 g/mol. The molecule has 3 N–H and O–H groups in total. The van der Waals surface area contributed by atoms with E-state index in [1.54, 1.807) is 54.6 Å². The van der Waals surface area contributed by atoms with Crippen molar-refractivity contribution >= 4 is 68.0 Å². The summed E-state index contributed by atoms with van der Waals surface area (Å²) in [7, 11) is 0. The van der Waals surface area contributed by atoms with Crippen LogP contribution in [0.4, 0.5) is 5.69 Å². The van der Waals surface area contributed by atoms with Crippen LogP contribution in [0, 0.1) is 6.92 Å². The molecule has 0 saturated carbocycles. The van der Waals surface area contributed by atoms with E-state index in [0.29, 0.717) is 32.2 Å². The maximum Gasteiger partial charge on any atom is 0.281 e. The molecule has 3 amide bonds. The van der Waals surface area contributed by atoms with Gasteiger partial charge in [0.05, 0.1) is 5.02 Å². The third-order valence-corrected chi connectivity index (χ3v) is 6.70. The molecule has 4 rings (SSSR count). The van der Waals surface area contributed by atoms with Crippen molar-refractivity contribution in [2.45, 2.75) is 6.92 Å². The maximum atomic E-state index is 12.5. The highest BCUT2D eigenvalue weighted by atomic mass is 35.5. The number of carbonyl (C=O) groups excluding carboxylic acids is 3. The Morgan fingerprint density at radius 2 is 1.36 bits per heavy atom. The highest BCUT2D eigenvalue weighted by Gasteiger charge is 2.18. The van der Waals surface area contributed by atoms with Crippen LogP contribution in [0.3, 0.4) is 0 Å². The van der Waals surface area contributed by atoms with Gasteiger partial charge in [-0.3, -0.25) is 25.2 Å². The molecule has 0 unspecified atom stereocenters. The summed E-state index contributed by atoms with van der Waals surface area (Å²) < 4.78 is 0.771. The van der Waals surface area contributed by atoms with Crippen molar-refractivity contribution in [3.05, 3.63) is 98.3 Å². The summed E-state index contributed by atoms with van der Waals surface area (Å²) in [6.07, 6.45) is 0. The summed E-state index contributed by atoms with van der Waals surface area (Å²) in [6, 6.07) is 18.7. The minimum absolute atomic E-state index is 0.249. The Hall–Kier alpha value is -3.39. The molecule has 0 radical (unpaired) electrons. The van der Waals surface area contributed by atoms with Crippen LogP contribution in [-0.2, 0) is 0 Å². The molecule has 4 aromatic rings. The molecule has 0 bridgehead atoms. The van der Waals surface area contributed by atoms with Gasteiger partial charge in [0.2, 0.25) is 0 Å². The van der Waals surface area contributed by atoms with Crippen LogP contribution >= 0.6 is 34.5 Å². The lowest BCUT2D eigenvalue weighted by atomic mass is 10.1. The van der Waals surface area contributed by atoms with Crippen molar-refractivity contribution in [2.24, 2.45) is 0 Å². The summed E-state index contributed by atoms with van der Waals surface area (Å²) >= 11 is 13.5. The molecular formula is C24H17Cl2N3O3S. The fraction of sp³-hybridized carbons (Fsp3) is 0.0417. The standard InChI is InChI=1S/C24H17Cl2N3O3S/c1-13-2-4-14(5-3-13)22(30)27-17-9-6-15(7-10-17)23(31)28-29-24(32)21-20(26)18-11-8-16(25)12-19(18)33-21/h2-12H,1H3,(H,27,30)(H,28,31)(H,29,32). The maximum absolute atomic E-state index is 12.5. The SMILES string of the molecule is Cc1ccc(C(=O)Nc2ccc(C(=O)NNC(=O)c3sc4cc(Cl)ccc4c3Cl)cc2)cc1. The van der Waals surface area contributed by atoms with Crippen LogP contribution in [-0.4, -0.2) is 17.7 Å². The molecule has 3 aromatic carbocycles. The van der Waals surface area contributed by atoms with Crippen LogP contribution in [0.25, 0.3) is 10.1 Å².